The molecule has 0 radical (unpaired) electrons. The zero-order valence-corrected chi connectivity index (χ0v) is 7.43. The van der Waals surface area contributed by atoms with Gasteiger partial charge in [-0.2, -0.15) is 0 Å². The minimum Gasteiger partial charge on any atom is -0.380 e. The van der Waals surface area contributed by atoms with Crippen LogP contribution in [0.25, 0.3) is 0 Å². The third-order valence-corrected chi connectivity index (χ3v) is 1.96. The van der Waals surface area contributed by atoms with Gasteiger partial charge in [-0.3, -0.25) is 10.4 Å². The summed E-state index contributed by atoms with van der Waals surface area (Å²) in [4.78, 5) is 1.56. The molecule has 1 atom stereocenters. The second-order valence-electron chi connectivity index (χ2n) is 3.08. The Morgan fingerprint density at radius 1 is 1.77 bits per heavy atom. The first-order valence-corrected chi connectivity index (χ1v) is 4.23. The predicted molar refractivity (Wildman–Crippen MR) is 41.4 cm³/mol. The molecule has 0 spiro atoms. The van der Waals surface area contributed by atoms with E-state index in [-0.39, 0.29) is 11.7 Å². The van der Waals surface area contributed by atoms with Crippen LogP contribution in [0.15, 0.2) is 10.7 Å². The standard InChI is InChI=1S/C7H12N4O2/c1-6-4-10(2-3-12-6)11-5-7(8)13-9-11/h5-6,8H,2-4H2,1H3. The second-order valence-corrected chi connectivity index (χ2v) is 3.08. The van der Waals surface area contributed by atoms with Gasteiger partial charge in [0.2, 0.25) is 0 Å². The van der Waals surface area contributed by atoms with Crippen molar-refractivity contribution in [1.82, 2.24) is 5.27 Å². The van der Waals surface area contributed by atoms with E-state index in [1.54, 1.807) is 4.79 Å². The largest absolute Gasteiger partial charge is 0.380 e. The van der Waals surface area contributed by atoms with Crippen molar-refractivity contribution in [2.24, 2.45) is 0 Å². The van der Waals surface area contributed by atoms with Crippen molar-refractivity contribution in [3.05, 3.63) is 11.8 Å². The molecule has 0 amide bonds. The Kier molecular flexibility index (Phi) is 2.05. The van der Waals surface area contributed by atoms with Crippen LogP contribution in [-0.2, 0) is 4.74 Å². The number of nitrogens with zero attached hydrogens (tertiary/aromatic N) is 3. The molecule has 1 aliphatic heterocycles. The molecule has 0 saturated carbocycles. The van der Waals surface area contributed by atoms with Crippen molar-refractivity contribution >= 4 is 0 Å². The summed E-state index contributed by atoms with van der Waals surface area (Å²) in [5.41, 5.74) is 0.0687. The number of hydrogen-bond acceptors (Lipinski definition) is 4. The Morgan fingerprint density at radius 2 is 2.62 bits per heavy atom. The lowest BCUT2D eigenvalue weighted by atomic mass is 10.3. The number of morpholine rings is 1. The average Bonchev–Trinajstić information content (AvgIpc) is 2.52. The minimum absolute atomic E-state index is 0.0687. The molecule has 2 rings (SSSR count). The van der Waals surface area contributed by atoms with Crippen LogP contribution in [0, 0.1) is 5.41 Å². The number of rotatable bonds is 1. The molecule has 2 heterocycles. The van der Waals surface area contributed by atoms with Gasteiger partial charge in [-0.15, -0.1) is 0 Å². The summed E-state index contributed by atoms with van der Waals surface area (Å²) in [5.74, 6) is 0. The van der Waals surface area contributed by atoms with E-state index in [4.69, 9.17) is 10.1 Å². The predicted octanol–water partition coefficient (Wildman–Crippen LogP) is -1.64. The Bertz CT molecular complexity index is 331. The molecule has 13 heavy (non-hydrogen) atoms. The van der Waals surface area contributed by atoms with Crippen molar-refractivity contribution in [2.45, 2.75) is 13.0 Å². The lowest BCUT2D eigenvalue weighted by Crippen LogP contribution is -2.65. The third kappa shape index (κ3) is 1.72. The topological polar surface area (TPSA) is 67.4 Å². The molecular weight excluding hydrogens is 172 g/mol. The highest BCUT2D eigenvalue weighted by molar-refractivity contribution is 4.77. The fourth-order valence-corrected chi connectivity index (χ4v) is 1.36. The van der Waals surface area contributed by atoms with Crippen LogP contribution in [0.2, 0.25) is 0 Å². The Hall–Kier alpha value is -1.30. The van der Waals surface area contributed by atoms with Crippen LogP contribution in [0.4, 0.5) is 0 Å². The fourth-order valence-electron chi connectivity index (χ4n) is 1.36. The summed E-state index contributed by atoms with van der Waals surface area (Å²) in [6, 6.07) is 0. The van der Waals surface area contributed by atoms with Crippen LogP contribution < -0.4 is 20.6 Å². The van der Waals surface area contributed by atoms with E-state index in [0.717, 1.165) is 13.1 Å². The van der Waals surface area contributed by atoms with Gasteiger partial charge in [0.15, 0.2) is 0 Å². The maximum atomic E-state index is 7.18. The molecule has 6 nitrogen and oxygen atoms in total. The van der Waals surface area contributed by atoms with Gasteiger partial charge in [0.1, 0.15) is 0 Å². The fraction of sp³-hybridized carbons (Fsp3) is 0.714. The summed E-state index contributed by atoms with van der Waals surface area (Å²) in [7, 11) is 0. The zero-order valence-electron chi connectivity index (χ0n) is 7.43. The zero-order chi connectivity index (χ0) is 9.26. The summed E-state index contributed by atoms with van der Waals surface area (Å²) >= 11 is 0. The highest BCUT2D eigenvalue weighted by atomic mass is 16.5. The minimum atomic E-state index is 0.0687. The maximum Gasteiger partial charge on any atom is 0.286 e. The lowest BCUT2D eigenvalue weighted by Gasteiger charge is -2.31. The van der Waals surface area contributed by atoms with Crippen LogP contribution >= 0.6 is 0 Å². The van der Waals surface area contributed by atoms with Gasteiger partial charge in [-0.1, -0.05) is 4.79 Å². The van der Waals surface area contributed by atoms with E-state index in [9.17, 15) is 0 Å². The van der Waals surface area contributed by atoms with Crippen LogP contribution in [0.5, 0.6) is 0 Å². The van der Waals surface area contributed by atoms with E-state index in [0.29, 0.717) is 6.61 Å². The highest BCUT2D eigenvalue weighted by Crippen LogP contribution is 1.97. The van der Waals surface area contributed by atoms with E-state index < -0.39 is 0 Å². The van der Waals surface area contributed by atoms with Crippen molar-refractivity contribution in [2.75, 3.05) is 24.7 Å². The summed E-state index contributed by atoms with van der Waals surface area (Å²) in [6.45, 7) is 4.25. The maximum absolute atomic E-state index is 7.18. The average molecular weight is 184 g/mol. The number of ether oxygens (including phenoxy) is 1. The van der Waals surface area contributed by atoms with Gasteiger partial charge in [-0.25, -0.2) is 0 Å². The molecule has 0 aromatic carbocycles. The quantitative estimate of drug-likeness (QED) is 0.532. The monoisotopic (exact) mass is 184 g/mol. The van der Waals surface area contributed by atoms with Crippen molar-refractivity contribution in [3.63, 3.8) is 0 Å². The molecule has 1 aliphatic rings. The third-order valence-electron chi connectivity index (χ3n) is 1.96. The van der Waals surface area contributed by atoms with Crippen LogP contribution in [0.3, 0.4) is 0 Å². The van der Waals surface area contributed by atoms with Gasteiger partial charge in [0.05, 0.1) is 12.7 Å². The molecule has 1 aromatic heterocycles. The second kappa shape index (κ2) is 3.21. The molecule has 1 unspecified atom stereocenters. The molecule has 0 aliphatic carbocycles. The van der Waals surface area contributed by atoms with Crippen molar-refractivity contribution in [1.29, 1.82) is 5.41 Å². The van der Waals surface area contributed by atoms with Crippen molar-refractivity contribution in [3.8, 4) is 0 Å². The smallest absolute Gasteiger partial charge is 0.286 e. The molecule has 72 valence electrons. The normalized spacial score (nSPS) is 23.5. The molecule has 0 bridgehead atoms. The van der Waals surface area contributed by atoms with Crippen LogP contribution in [-0.4, -0.2) is 25.8 Å². The van der Waals surface area contributed by atoms with E-state index in [1.807, 2.05) is 11.9 Å². The Balaban J connectivity index is 2.12. The molecule has 1 fully saturated rings. The highest BCUT2D eigenvalue weighted by Gasteiger charge is 2.17. The SMILES string of the molecule is CC1CN([n+]2cc(=N)o[n-]2)CCO1. The van der Waals surface area contributed by atoms with Gasteiger partial charge in [0, 0.05) is 13.1 Å². The number of nitrogens with one attached hydrogen (secondary N) is 1. The summed E-state index contributed by atoms with van der Waals surface area (Å²) in [5, 5.41) is 12.9. The van der Waals surface area contributed by atoms with Crippen LogP contribution in [0.1, 0.15) is 6.92 Å². The van der Waals surface area contributed by atoms with E-state index >= 15 is 0 Å². The first-order chi connectivity index (χ1) is 6.25. The number of aromatic nitrogens is 2. The molecular formula is C7H12N4O2. The van der Waals surface area contributed by atoms with Gasteiger partial charge < -0.3 is 9.26 Å². The van der Waals surface area contributed by atoms with Gasteiger partial charge in [-0.05, 0) is 12.2 Å². The van der Waals surface area contributed by atoms with Crippen molar-refractivity contribution < 1.29 is 14.1 Å². The Labute approximate surface area is 75.1 Å². The molecule has 1 saturated heterocycles. The lowest BCUT2D eigenvalue weighted by molar-refractivity contribution is -0.765. The summed E-state index contributed by atoms with van der Waals surface area (Å²) < 4.78 is 10.0. The first kappa shape index (κ1) is 8.31. The van der Waals surface area contributed by atoms with E-state index in [1.165, 1.54) is 6.20 Å². The number of hydrogen-bond donors (Lipinski definition) is 1. The first-order valence-electron chi connectivity index (χ1n) is 4.23. The molecule has 1 N–H and O–H groups in total. The molecule has 6 heteroatoms. The van der Waals surface area contributed by atoms with Gasteiger partial charge >= 0.3 is 0 Å². The van der Waals surface area contributed by atoms with E-state index in [2.05, 4.69) is 9.79 Å². The van der Waals surface area contributed by atoms with Gasteiger partial charge in [0.25, 0.3) is 11.8 Å². The Morgan fingerprint density at radius 3 is 3.23 bits per heavy atom. The molecule has 1 aromatic rings. The summed E-state index contributed by atoms with van der Waals surface area (Å²) in [6.07, 6.45) is 1.74.